The van der Waals surface area contributed by atoms with E-state index in [4.69, 9.17) is 16.3 Å². The molecule has 5 heteroatoms. The molecule has 1 atom stereocenters. The van der Waals surface area contributed by atoms with Crippen molar-refractivity contribution < 1.29 is 14.6 Å². The molecule has 1 aliphatic carbocycles. The second kappa shape index (κ2) is 6.26. The van der Waals surface area contributed by atoms with Crippen molar-refractivity contribution in [2.24, 2.45) is 0 Å². The normalized spacial score (nSPS) is 15.9. The Labute approximate surface area is 117 Å². The SMILES string of the molecule is C[C@H](O)c1ccc(OCCC(=O)NC2CC2)c(Cl)c1. The topological polar surface area (TPSA) is 58.6 Å². The lowest BCUT2D eigenvalue weighted by molar-refractivity contribution is -0.121. The molecule has 0 radical (unpaired) electrons. The van der Waals surface area contributed by atoms with Crippen molar-refractivity contribution in [2.45, 2.75) is 38.3 Å². The Hall–Kier alpha value is -1.26. The number of halogens is 1. The van der Waals surface area contributed by atoms with Crippen LogP contribution in [0, 0.1) is 0 Å². The molecule has 0 saturated heterocycles. The fourth-order valence-electron chi connectivity index (χ4n) is 1.68. The highest BCUT2D eigenvalue weighted by Gasteiger charge is 2.22. The number of ether oxygens (including phenoxy) is 1. The standard InChI is InChI=1S/C14H18ClNO3/c1-9(17)10-2-5-13(12(15)8-10)19-7-6-14(18)16-11-3-4-11/h2,5,8-9,11,17H,3-4,6-7H2,1H3,(H,16,18)/t9-/m0/s1. The molecule has 0 bridgehead atoms. The molecule has 0 spiro atoms. The van der Waals surface area contributed by atoms with E-state index in [9.17, 15) is 9.90 Å². The zero-order valence-electron chi connectivity index (χ0n) is 10.9. The highest BCUT2D eigenvalue weighted by Crippen LogP contribution is 2.28. The molecule has 104 valence electrons. The van der Waals surface area contributed by atoms with Gasteiger partial charge in [-0.25, -0.2) is 0 Å². The van der Waals surface area contributed by atoms with Crippen LogP contribution in [0.25, 0.3) is 0 Å². The number of aliphatic hydroxyl groups excluding tert-OH is 1. The third-order valence-electron chi connectivity index (χ3n) is 2.97. The molecule has 0 aromatic heterocycles. The van der Waals surface area contributed by atoms with E-state index in [1.165, 1.54) is 0 Å². The number of hydrogen-bond donors (Lipinski definition) is 2. The van der Waals surface area contributed by atoms with Crippen LogP contribution in [-0.2, 0) is 4.79 Å². The van der Waals surface area contributed by atoms with E-state index in [1.807, 2.05) is 0 Å². The predicted molar refractivity (Wildman–Crippen MR) is 73.4 cm³/mol. The van der Waals surface area contributed by atoms with Gasteiger partial charge in [-0.2, -0.15) is 0 Å². The molecule has 1 aliphatic rings. The van der Waals surface area contributed by atoms with Gasteiger partial charge in [0.05, 0.1) is 24.2 Å². The van der Waals surface area contributed by atoms with Crippen molar-refractivity contribution in [3.05, 3.63) is 28.8 Å². The van der Waals surface area contributed by atoms with Crippen LogP contribution in [0.3, 0.4) is 0 Å². The maximum atomic E-state index is 11.5. The molecule has 19 heavy (non-hydrogen) atoms. The van der Waals surface area contributed by atoms with Gasteiger partial charge in [-0.15, -0.1) is 0 Å². The van der Waals surface area contributed by atoms with Crippen LogP contribution >= 0.6 is 11.6 Å². The van der Waals surface area contributed by atoms with E-state index in [0.717, 1.165) is 18.4 Å². The van der Waals surface area contributed by atoms with E-state index in [-0.39, 0.29) is 5.91 Å². The number of benzene rings is 1. The first-order valence-electron chi connectivity index (χ1n) is 6.46. The molecule has 2 rings (SSSR count). The van der Waals surface area contributed by atoms with E-state index >= 15 is 0 Å². The van der Waals surface area contributed by atoms with E-state index < -0.39 is 6.10 Å². The molecule has 4 nitrogen and oxygen atoms in total. The largest absolute Gasteiger partial charge is 0.491 e. The molecule has 0 heterocycles. The average molecular weight is 284 g/mol. The van der Waals surface area contributed by atoms with Crippen LogP contribution in [-0.4, -0.2) is 23.7 Å². The summed E-state index contributed by atoms with van der Waals surface area (Å²) in [6, 6.07) is 5.52. The number of hydrogen-bond acceptors (Lipinski definition) is 3. The summed E-state index contributed by atoms with van der Waals surface area (Å²) in [7, 11) is 0. The maximum Gasteiger partial charge on any atom is 0.223 e. The van der Waals surface area contributed by atoms with Gasteiger partial charge in [0, 0.05) is 6.04 Å². The van der Waals surface area contributed by atoms with E-state index in [1.54, 1.807) is 25.1 Å². The Morgan fingerprint density at radius 1 is 1.58 bits per heavy atom. The van der Waals surface area contributed by atoms with E-state index in [0.29, 0.717) is 29.8 Å². The lowest BCUT2D eigenvalue weighted by Gasteiger charge is -2.10. The van der Waals surface area contributed by atoms with Crippen molar-refractivity contribution in [3.63, 3.8) is 0 Å². The van der Waals surface area contributed by atoms with Crippen molar-refractivity contribution in [2.75, 3.05) is 6.61 Å². The number of aliphatic hydroxyl groups is 1. The van der Waals surface area contributed by atoms with Gasteiger partial charge in [0.15, 0.2) is 0 Å². The van der Waals surface area contributed by atoms with Crippen molar-refractivity contribution in [1.82, 2.24) is 5.32 Å². The average Bonchev–Trinajstić information content (AvgIpc) is 3.14. The fraction of sp³-hybridized carbons (Fsp3) is 0.500. The van der Waals surface area contributed by atoms with Gasteiger partial charge in [-0.05, 0) is 37.5 Å². The Morgan fingerprint density at radius 2 is 2.32 bits per heavy atom. The smallest absolute Gasteiger partial charge is 0.223 e. The zero-order valence-corrected chi connectivity index (χ0v) is 11.6. The first kappa shape index (κ1) is 14.2. The molecule has 1 saturated carbocycles. The maximum absolute atomic E-state index is 11.5. The van der Waals surface area contributed by atoms with Gasteiger partial charge in [0.1, 0.15) is 5.75 Å². The highest BCUT2D eigenvalue weighted by molar-refractivity contribution is 6.32. The number of nitrogens with one attached hydrogen (secondary N) is 1. The molecule has 1 fully saturated rings. The van der Waals surface area contributed by atoms with Crippen LogP contribution < -0.4 is 10.1 Å². The summed E-state index contributed by atoms with van der Waals surface area (Å²) in [6.07, 6.45) is 1.93. The summed E-state index contributed by atoms with van der Waals surface area (Å²) >= 11 is 6.05. The summed E-state index contributed by atoms with van der Waals surface area (Å²) < 4.78 is 5.47. The highest BCUT2D eigenvalue weighted by atomic mass is 35.5. The quantitative estimate of drug-likeness (QED) is 0.843. The zero-order chi connectivity index (χ0) is 13.8. The summed E-state index contributed by atoms with van der Waals surface area (Å²) in [5.41, 5.74) is 0.740. The van der Waals surface area contributed by atoms with Crippen molar-refractivity contribution in [3.8, 4) is 5.75 Å². The van der Waals surface area contributed by atoms with Crippen LogP contribution in [0.5, 0.6) is 5.75 Å². The molecule has 1 aromatic carbocycles. The lowest BCUT2D eigenvalue weighted by Crippen LogP contribution is -2.26. The second-order valence-corrected chi connectivity index (χ2v) is 5.21. The van der Waals surface area contributed by atoms with Crippen LogP contribution in [0.1, 0.15) is 37.9 Å². The van der Waals surface area contributed by atoms with Crippen LogP contribution in [0.2, 0.25) is 5.02 Å². The summed E-state index contributed by atoms with van der Waals surface area (Å²) in [5.74, 6) is 0.546. The molecular formula is C14H18ClNO3. The first-order valence-corrected chi connectivity index (χ1v) is 6.83. The van der Waals surface area contributed by atoms with Gasteiger partial charge in [-0.3, -0.25) is 4.79 Å². The second-order valence-electron chi connectivity index (χ2n) is 4.81. The monoisotopic (exact) mass is 283 g/mol. The van der Waals surface area contributed by atoms with Crippen molar-refractivity contribution in [1.29, 1.82) is 0 Å². The van der Waals surface area contributed by atoms with Gasteiger partial charge >= 0.3 is 0 Å². The molecule has 0 aliphatic heterocycles. The Morgan fingerprint density at radius 3 is 2.89 bits per heavy atom. The number of carbonyl (C=O) groups excluding carboxylic acids is 1. The third-order valence-corrected chi connectivity index (χ3v) is 3.26. The predicted octanol–water partition coefficient (Wildman–Crippen LogP) is 2.44. The Kier molecular flexibility index (Phi) is 4.66. The summed E-state index contributed by atoms with van der Waals surface area (Å²) in [5, 5.41) is 12.8. The molecule has 2 N–H and O–H groups in total. The van der Waals surface area contributed by atoms with Crippen molar-refractivity contribution >= 4 is 17.5 Å². The minimum Gasteiger partial charge on any atom is -0.491 e. The van der Waals surface area contributed by atoms with Gasteiger partial charge in [0.25, 0.3) is 0 Å². The van der Waals surface area contributed by atoms with Gasteiger partial charge in [-0.1, -0.05) is 17.7 Å². The third kappa shape index (κ3) is 4.40. The first-order chi connectivity index (χ1) is 9.06. The molecule has 1 aromatic rings. The molecular weight excluding hydrogens is 266 g/mol. The van der Waals surface area contributed by atoms with E-state index in [2.05, 4.69) is 5.32 Å². The Balaban J connectivity index is 1.80. The minimum atomic E-state index is -0.559. The molecule has 0 unspecified atom stereocenters. The lowest BCUT2D eigenvalue weighted by atomic mass is 10.1. The number of carbonyl (C=O) groups is 1. The van der Waals surface area contributed by atoms with Gasteiger partial charge in [0.2, 0.25) is 5.91 Å². The minimum absolute atomic E-state index is 0.0132. The number of amides is 1. The summed E-state index contributed by atoms with van der Waals surface area (Å²) in [4.78, 5) is 11.5. The van der Waals surface area contributed by atoms with Crippen LogP contribution in [0.4, 0.5) is 0 Å². The number of rotatable bonds is 6. The van der Waals surface area contributed by atoms with Gasteiger partial charge < -0.3 is 15.2 Å². The fourth-order valence-corrected chi connectivity index (χ4v) is 1.92. The Bertz CT molecular complexity index is 458. The molecule has 1 amide bonds. The van der Waals surface area contributed by atoms with Crippen LogP contribution in [0.15, 0.2) is 18.2 Å². The summed E-state index contributed by atoms with van der Waals surface area (Å²) in [6.45, 7) is 1.97.